The summed E-state index contributed by atoms with van der Waals surface area (Å²) in [5.74, 6) is -5.10. The molecule has 0 aliphatic heterocycles. The number of hydrogen-bond donors (Lipinski definition) is 2. The quantitative estimate of drug-likeness (QED) is 0.384. The zero-order chi connectivity index (χ0) is 20.4. The van der Waals surface area contributed by atoms with Crippen molar-refractivity contribution in [2.24, 2.45) is 0 Å². The standard InChI is InChI=1S/C20H15F2NO5/c1-28-18-4-2-3-15-19(18)12(16(24)8-17(25)20(26)27)10-23(15)9-11-5-6-13(21)14(22)7-11/h2-8,10,24H,9H2,1H3,(H,26,27)/b16-8+. The molecule has 28 heavy (non-hydrogen) atoms. The van der Waals surface area contributed by atoms with Crippen molar-refractivity contribution in [1.82, 2.24) is 4.57 Å². The van der Waals surface area contributed by atoms with Gasteiger partial charge >= 0.3 is 5.97 Å². The fourth-order valence-corrected chi connectivity index (χ4v) is 2.91. The Bertz CT molecular complexity index is 1120. The molecule has 0 bridgehead atoms. The first-order chi connectivity index (χ1) is 13.3. The summed E-state index contributed by atoms with van der Waals surface area (Å²) in [6.45, 7) is 0.140. The molecule has 2 N–H and O–H groups in total. The van der Waals surface area contributed by atoms with Gasteiger partial charge < -0.3 is 19.5 Å². The number of hydrogen-bond acceptors (Lipinski definition) is 4. The Balaban J connectivity index is 2.15. The maximum atomic E-state index is 13.5. The molecule has 0 spiro atoms. The fraction of sp³-hybridized carbons (Fsp3) is 0.100. The molecule has 1 aromatic heterocycles. The van der Waals surface area contributed by atoms with Crippen LogP contribution < -0.4 is 4.74 Å². The third-order valence-corrected chi connectivity index (χ3v) is 4.18. The predicted octanol–water partition coefficient (Wildman–Crippen LogP) is 3.53. The number of aliphatic hydroxyl groups is 1. The fourth-order valence-electron chi connectivity index (χ4n) is 2.91. The van der Waals surface area contributed by atoms with Gasteiger partial charge in [0.15, 0.2) is 11.6 Å². The van der Waals surface area contributed by atoms with E-state index in [9.17, 15) is 23.5 Å². The topological polar surface area (TPSA) is 88.8 Å². The lowest BCUT2D eigenvalue weighted by molar-refractivity contribution is -0.146. The average Bonchev–Trinajstić information content (AvgIpc) is 3.03. The number of carboxylic acids is 1. The van der Waals surface area contributed by atoms with Crippen LogP contribution in [0.5, 0.6) is 5.75 Å². The monoisotopic (exact) mass is 387 g/mol. The van der Waals surface area contributed by atoms with Crippen LogP contribution in [0.2, 0.25) is 0 Å². The number of aliphatic hydroxyl groups excluding tert-OH is 1. The molecular weight excluding hydrogens is 372 g/mol. The smallest absolute Gasteiger partial charge is 0.376 e. The SMILES string of the molecule is COc1cccc2c1c(/C(O)=C\C(=O)C(=O)O)cn2Cc1ccc(F)c(F)c1. The second kappa shape index (κ2) is 7.51. The first-order valence-electron chi connectivity index (χ1n) is 8.10. The maximum absolute atomic E-state index is 13.5. The second-order valence-corrected chi connectivity index (χ2v) is 5.97. The third kappa shape index (κ3) is 3.57. The van der Waals surface area contributed by atoms with Gasteiger partial charge in [-0.05, 0) is 29.8 Å². The lowest BCUT2D eigenvalue weighted by atomic mass is 10.1. The highest BCUT2D eigenvalue weighted by atomic mass is 19.2. The van der Waals surface area contributed by atoms with Crippen LogP contribution in [0.25, 0.3) is 16.7 Å². The van der Waals surface area contributed by atoms with Crippen LogP contribution in [0.15, 0.2) is 48.7 Å². The summed E-state index contributed by atoms with van der Waals surface area (Å²) in [5.41, 5.74) is 1.22. The zero-order valence-corrected chi connectivity index (χ0v) is 14.6. The Labute approximate surface area is 157 Å². The number of carboxylic acid groups (broad SMARTS) is 1. The highest BCUT2D eigenvalue weighted by Gasteiger charge is 2.18. The first kappa shape index (κ1) is 19.1. The summed E-state index contributed by atoms with van der Waals surface area (Å²) < 4.78 is 33.6. The van der Waals surface area contributed by atoms with Crippen LogP contribution in [0.4, 0.5) is 8.78 Å². The van der Waals surface area contributed by atoms with Crippen molar-refractivity contribution < 1.29 is 33.3 Å². The van der Waals surface area contributed by atoms with E-state index in [-0.39, 0.29) is 12.1 Å². The number of rotatable bonds is 6. The molecule has 6 nitrogen and oxygen atoms in total. The molecule has 1 heterocycles. The summed E-state index contributed by atoms with van der Waals surface area (Å²) in [4.78, 5) is 22.2. The number of nitrogens with zero attached hydrogens (tertiary/aromatic N) is 1. The second-order valence-electron chi connectivity index (χ2n) is 5.97. The van der Waals surface area contributed by atoms with Crippen molar-refractivity contribution in [3.63, 3.8) is 0 Å². The number of benzene rings is 2. The molecule has 0 amide bonds. The number of aromatic nitrogens is 1. The molecule has 0 atom stereocenters. The van der Waals surface area contributed by atoms with E-state index in [1.165, 1.54) is 19.4 Å². The van der Waals surface area contributed by atoms with E-state index in [0.29, 0.717) is 28.3 Å². The van der Waals surface area contributed by atoms with Gasteiger partial charge in [-0.2, -0.15) is 0 Å². The van der Waals surface area contributed by atoms with Gasteiger partial charge in [-0.1, -0.05) is 12.1 Å². The number of ether oxygens (including phenoxy) is 1. The number of aliphatic carboxylic acids is 1. The van der Waals surface area contributed by atoms with E-state index in [1.807, 2.05) is 0 Å². The number of methoxy groups -OCH3 is 1. The molecule has 0 saturated heterocycles. The van der Waals surface area contributed by atoms with Crippen molar-refractivity contribution in [3.05, 3.63) is 71.4 Å². The lowest BCUT2D eigenvalue weighted by Crippen LogP contribution is -2.09. The Morgan fingerprint density at radius 3 is 2.54 bits per heavy atom. The van der Waals surface area contributed by atoms with E-state index in [0.717, 1.165) is 12.1 Å². The molecule has 3 rings (SSSR count). The molecule has 144 valence electrons. The van der Waals surface area contributed by atoms with Crippen LogP contribution >= 0.6 is 0 Å². The maximum Gasteiger partial charge on any atom is 0.376 e. The van der Waals surface area contributed by atoms with Crippen molar-refractivity contribution in [2.75, 3.05) is 7.11 Å². The molecule has 0 radical (unpaired) electrons. The number of halogens is 2. The van der Waals surface area contributed by atoms with Crippen LogP contribution in [-0.4, -0.2) is 33.6 Å². The molecule has 2 aromatic carbocycles. The van der Waals surface area contributed by atoms with Crippen LogP contribution in [0.1, 0.15) is 11.1 Å². The van der Waals surface area contributed by atoms with Crippen LogP contribution in [0, 0.1) is 11.6 Å². The number of ketones is 1. The molecule has 0 unspecified atom stereocenters. The summed E-state index contributed by atoms with van der Waals surface area (Å²) in [5, 5.41) is 19.5. The van der Waals surface area contributed by atoms with Crippen molar-refractivity contribution >= 4 is 28.4 Å². The summed E-state index contributed by atoms with van der Waals surface area (Å²) in [6.07, 6.45) is 2.08. The minimum absolute atomic E-state index is 0.140. The van der Waals surface area contributed by atoms with Crippen molar-refractivity contribution in [2.45, 2.75) is 6.54 Å². The highest BCUT2D eigenvalue weighted by molar-refractivity contribution is 6.38. The predicted molar refractivity (Wildman–Crippen MR) is 97.2 cm³/mol. The molecule has 0 aliphatic carbocycles. The van der Waals surface area contributed by atoms with Gasteiger partial charge in [-0.25, -0.2) is 13.6 Å². The Hall–Kier alpha value is -3.68. The van der Waals surface area contributed by atoms with E-state index >= 15 is 0 Å². The van der Waals surface area contributed by atoms with Gasteiger partial charge in [-0.15, -0.1) is 0 Å². The van der Waals surface area contributed by atoms with E-state index in [4.69, 9.17) is 9.84 Å². The van der Waals surface area contributed by atoms with E-state index in [1.54, 1.807) is 22.8 Å². The molecule has 0 fully saturated rings. The van der Waals surface area contributed by atoms with Gasteiger partial charge in [0, 0.05) is 24.4 Å². The normalized spacial score (nSPS) is 11.6. The molecule has 3 aromatic rings. The number of carbonyl (C=O) groups is 2. The minimum atomic E-state index is -1.70. The summed E-state index contributed by atoms with van der Waals surface area (Å²) in [7, 11) is 1.43. The molecular formula is C20H15F2NO5. The first-order valence-corrected chi connectivity index (χ1v) is 8.10. The van der Waals surface area contributed by atoms with Gasteiger partial charge in [0.2, 0.25) is 0 Å². The van der Waals surface area contributed by atoms with Gasteiger partial charge in [-0.3, -0.25) is 4.79 Å². The summed E-state index contributed by atoms with van der Waals surface area (Å²) >= 11 is 0. The van der Waals surface area contributed by atoms with Crippen LogP contribution in [-0.2, 0) is 16.1 Å². The van der Waals surface area contributed by atoms with E-state index in [2.05, 4.69) is 0 Å². The van der Waals surface area contributed by atoms with Crippen molar-refractivity contribution in [3.8, 4) is 5.75 Å². The molecule has 0 aliphatic rings. The Morgan fingerprint density at radius 1 is 1.14 bits per heavy atom. The lowest BCUT2D eigenvalue weighted by Gasteiger charge is -2.07. The van der Waals surface area contributed by atoms with E-state index < -0.39 is 29.1 Å². The third-order valence-electron chi connectivity index (χ3n) is 4.18. The Kier molecular flexibility index (Phi) is 5.12. The average molecular weight is 387 g/mol. The Morgan fingerprint density at radius 2 is 1.89 bits per heavy atom. The van der Waals surface area contributed by atoms with Gasteiger partial charge in [0.1, 0.15) is 11.5 Å². The zero-order valence-electron chi connectivity index (χ0n) is 14.6. The van der Waals surface area contributed by atoms with Gasteiger partial charge in [0.05, 0.1) is 18.0 Å². The minimum Gasteiger partial charge on any atom is -0.507 e. The van der Waals surface area contributed by atoms with Gasteiger partial charge in [0.25, 0.3) is 5.78 Å². The number of carbonyl (C=O) groups excluding carboxylic acids is 1. The van der Waals surface area contributed by atoms with Crippen LogP contribution in [0.3, 0.4) is 0 Å². The van der Waals surface area contributed by atoms with Crippen molar-refractivity contribution in [1.29, 1.82) is 0 Å². The number of fused-ring (bicyclic) bond motifs is 1. The largest absolute Gasteiger partial charge is 0.507 e. The summed E-state index contributed by atoms with van der Waals surface area (Å²) in [6, 6.07) is 8.56. The highest BCUT2D eigenvalue weighted by Crippen LogP contribution is 2.34. The molecule has 8 heteroatoms. The molecule has 0 saturated carbocycles.